The Morgan fingerprint density at radius 3 is 2.56 bits per heavy atom. The first-order valence-corrected chi connectivity index (χ1v) is 8.47. The van der Waals surface area contributed by atoms with E-state index in [-0.39, 0.29) is 18.0 Å². The van der Waals surface area contributed by atoms with Gasteiger partial charge in [-0.3, -0.25) is 4.79 Å². The van der Waals surface area contributed by atoms with Crippen molar-refractivity contribution in [2.75, 3.05) is 20.6 Å². The molecule has 0 saturated heterocycles. The van der Waals surface area contributed by atoms with Crippen LogP contribution in [0.1, 0.15) is 34.6 Å². The Kier molecular flexibility index (Phi) is 4.79. The monoisotopic (exact) mass is 340 g/mol. The molecule has 1 aliphatic heterocycles. The van der Waals surface area contributed by atoms with Crippen LogP contribution >= 0.6 is 0 Å². The summed E-state index contributed by atoms with van der Waals surface area (Å²) < 4.78 is 2.19. The number of carbonyl (C=O) groups is 2. The molecule has 1 aromatic carbocycles. The highest BCUT2D eigenvalue weighted by molar-refractivity contribution is 5.93. The number of hydrogen-bond acceptors (Lipinski definition) is 2. The zero-order valence-corrected chi connectivity index (χ0v) is 14.9. The molecule has 1 aliphatic rings. The predicted molar refractivity (Wildman–Crippen MR) is 96.2 cm³/mol. The molecule has 2 heterocycles. The normalized spacial score (nSPS) is 16.3. The van der Waals surface area contributed by atoms with Crippen LogP contribution in [0.4, 0.5) is 4.79 Å². The van der Waals surface area contributed by atoms with Gasteiger partial charge in [0, 0.05) is 51.2 Å². The Hall–Kier alpha value is -2.76. The molecule has 0 bridgehead atoms. The smallest absolute Gasteiger partial charge is 0.318 e. The van der Waals surface area contributed by atoms with Gasteiger partial charge in [-0.25, -0.2) is 4.79 Å². The molecule has 3 rings (SSSR count). The summed E-state index contributed by atoms with van der Waals surface area (Å²) in [7, 11) is 3.46. The number of benzene rings is 1. The van der Waals surface area contributed by atoms with Gasteiger partial charge in [-0.2, -0.15) is 0 Å². The van der Waals surface area contributed by atoms with E-state index in [1.54, 1.807) is 31.1 Å². The highest BCUT2D eigenvalue weighted by Crippen LogP contribution is 2.25. The Bertz CT molecular complexity index is 764. The molecule has 132 valence electrons. The van der Waals surface area contributed by atoms with Gasteiger partial charge < -0.3 is 19.7 Å². The van der Waals surface area contributed by atoms with Crippen molar-refractivity contribution >= 4 is 11.9 Å². The summed E-state index contributed by atoms with van der Waals surface area (Å²) in [6.45, 7) is 4.01. The number of aromatic nitrogens is 1. The maximum absolute atomic E-state index is 12.5. The highest BCUT2D eigenvalue weighted by Gasteiger charge is 2.27. The molecule has 1 atom stereocenters. The lowest BCUT2D eigenvalue weighted by Gasteiger charge is -2.34. The topological polar surface area (TPSA) is 57.6 Å². The molecule has 6 heteroatoms. The first-order valence-electron chi connectivity index (χ1n) is 8.47. The third-order valence-electron chi connectivity index (χ3n) is 4.65. The maximum atomic E-state index is 12.5. The second kappa shape index (κ2) is 7.01. The van der Waals surface area contributed by atoms with Crippen LogP contribution in [0.5, 0.6) is 0 Å². The number of amides is 3. The van der Waals surface area contributed by atoms with Crippen molar-refractivity contribution in [3.05, 3.63) is 59.4 Å². The van der Waals surface area contributed by atoms with Crippen LogP contribution in [0.15, 0.2) is 42.6 Å². The van der Waals surface area contributed by atoms with Crippen molar-refractivity contribution in [3.63, 3.8) is 0 Å². The molecule has 25 heavy (non-hydrogen) atoms. The Balaban J connectivity index is 1.58. The van der Waals surface area contributed by atoms with E-state index in [1.807, 2.05) is 30.0 Å². The fraction of sp³-hybridized carbons (Fsp3) is 0.368. The molecular weight excluding hydrogens is 316 g/mol. The lowest BCUT2D eigenvalue weighted by molar-refractivity contribution is 0.0827. The molecule has 0 aliphatic carbocycles. The summed E-state index contributed by atoms with van der Waals surface area (Å²) in [5.41, 5.74) is 2.77. The third kappa shape index (κ3) is 3.52. The third-order valence-corrected chi connectivity index (χ3v) is 4.65. The molecule has 0 spiro atoms. The van der Waals surface area contributed by atoms with Gasteiger partial charge in [0.1, 0.15) is 0 Å². The standard InChI is InChI=1S/C19H24N4O2/c1-14-17-5-4-10-22(17)11-12-23(14)19(25)20-13-15-6-8-16(9-7-15)18(24)21(2)3/h4-10,14H,11-13H2,1-3H3,(H,20,25). The lowest BCUT2D eigenvalue weighted by Crippen LogP contribution is -2.45. The second-order valence-corrected chi connectivity index (χ2v) is 6.55. The minimum atomic E-state index is -0.0617. The van der Waals surface area contributed by atoms with E-state index >= 15 is 0 Å². The number of carbonyl (C=O) groups excluding carboxylic acids is 2. The average Bonchev–Trinajstić information content (AvgIpc) is 3.09. The van der Waals surface area contributed by atoms with Crippen LogP contribution in [0, 0.1) is 0 Å². The summed E-state index contributed by atoms with van der Waals surface area (Å²) >= 11 is 0. The van der Waals surface area contributed by atoms with Gasteiger partial charge in [0.15, 0.2) is 0 Å². The zero-order chi connectivity index (χ0) is 18.0. The molecule has 2 aromatic rings. The molecule has 1 N–H and O–H groups in total. The van der Waals surface area contributed by atoms with Crippen LogP contribution in [0.2, 0.25) is 0 Å². The van der Waals surface area contributed by atoms with Crippen LogP contribution in [0.3, 0.4) is 0 Å². The van der Waals surface area contributed by atoms with Gasteiger partial charge in [0.05, 0.1) is 6.04 Å². The summed E-state index contributed by atoms with van der Waals surface area (Å²) in [6.07, 6.45) is 2.05. The fourth-order valence-corrected chi connectivity index (χ4v) is 3.16. The van der Waals surface area contributed by atoms with Crippen molar-refractivity contribution in [2.24, 2.45) is 0 Å². The number of nitrogens with zero attached hydrogens (tertiary/aromatic N) is 3. The predicted octanol–water partition coefficient (Wildman–Crippen LogP) is 2.48. The first-order chi connectivity index (χ1) is 12.0. The summed E-state index contributed by atoms with van der Waals surface area (Å²) in [4.78, 5) is 27.8. The Morgan fingerprint density at radius 2 is 1.88 bits per heavy atom. The van der Waals surface area contributed by atoms with Crippen LogP contribution in [-0.4, -0.2) is 46.9 Å². The van der Waals surface area contributed by atoms with E-state index in [1.165, 1.54) is 0 Å². The van der Waals surface area contributed by atoms with Crippen LogP contribution < -0.4 is 5.32 Å². The zero-order valence-electron chi connectivity index (χ0n) is 14.9. The highest BCUT2D eigenvalue weighted by atomic mass is 16.2. The average molecular weight is 340 g/mol. The first kappa shape index (κ1) is 17.1. The number of fused-ring (bicyclic) bond motifs is 1. The van der Waals surface area contributed by atoms with Gasteiger partial charge in [0.25, 0.3) is 5.91 Å². The number of rotatable bonds is 3. The Labute approximate surface area is 148 Å². The molecule has 1 unspecified atom stereocenters. The van der Waals surface area contributed by atoms with Gasteiger partial charge in [0.2, 0.25) is 0 Å². The molecular formula is C19H24N4O2. The second-order valence-electron chi connectivity index (χ2n) is 6.55. The molecule has 1 aromatic heterocycles. The van der Waals surface area contributed by atoms with E-state index in [4.69, 9.17) is 0 Å². The number of hydrogen-bond donors (Lipinski definition) is 1. The Morgan fingerprint density at radius 1 is 1.16 bits per heavy atom. The largest absolute Gasteiger partial charge is 0.348 e. The lowest BCUT2D eigenvalue weighted by atomic mass is 10.1. The van der Waals surface area contributed by atoms with Crippen molar-refractivity contribution in [1.29, 1.82) is 0 Å². The summed E-state index contributed by atoms with van der Waals surface area (Å²) in [6, 6.07) is 11.4. The van der Waals surface area contributed by atoms with E-state index in [0.29, 0.717) is 18.7 Å². The van der Waals surface area contributed by atoms with Crippen molar-refractivity contribution < 1.29 is 9.59 Å². The molecule has 0 radical (unpaired) electrons. The van der Waals surface area contributed by atoms with Crippen LogP contribution in [0.25, 0.3) is 0 Å². The van der Waals surface area contributed by atoms with Crippen LogP contribution in [-0.2, 0) is 13.1 Å². The van der Waals surface area contributed by atoms with E-state index in [9.17, 15) is 9.59 Å². The SMILES string of the molecule is CC1c2cccn2CCN1C(=O)NCc1ccc(C(=O)N(C)C)cc1. The van der Waals surface area contributed by atoms with E-state index in [0.717, 1.165) is 17.8 Å². The van der Waals surface area contributed by atoms with Crippen molar-refractivity contribution in [2.45, 2.75) is 26.1 Å². The number of urea groups is 1. The maximum Gasteiger partial charge on any atom is 0.318 e. The van der Waals surface area contributed by atoms with E-state index in [2.05, 4.69) is 22.1 Å². The summed E-state index contributed by atoms with van der Waals surface area (Å²) in [5, 5.41) is 2.98. The van der Waals surface area contributed by atoms with E-state index < -0.39 is 0 Å². The molecule has 3 amide bonds. The minimum Gasteiger partial charge on any atom is -0.348 e. The fourth-order valence-electron chi connectivity index (χ4n) is 3.16. The van der Waals surface area contributed by atoms with Gasteiger partial charge in [-0.05, 0) is 36.8 Å². The molecule has 6 nitrogen and oxygen atoms in total. The van der Waals surface area contributed by atoms with Gasteiger partial charge in [-0.15, -0.1) is 0 Å². The quantitative estimate of drug-likeness (QED) is 0.933. The van der Waals surface area contributed by atoms with Crippen molar-refractivity contribution in [1.82, 2.24) is 19.7 Å². The van der Waals surface area contributed by atoms with Gasteiger partial charge >= 0.3 is 6.03 Å². The molecule has 0 saturated carbocycles. The molecule has 0 fully saturated rings. The van der Waals surface area contributed by atoms with Crippen molar-refractivity contribution in [3.8, 4) is 0 Å². The minimum absolute atomic E-state index is 0.0271. The summed E-state index contributed by atoms with van der Waals surface area (Å²) in [5.74, 6) is -0.0271. The van der Waals surface area contributed by atoms with Gasteiger partial charge in [-0.1, -0.05) is 12.1 Å². The number of nitrogens with one attached hydrogen (secondary N) is 1.